The third-order valence-electron chi connectivity index (χ3n) is 8.01. The molecule has 40 heavy (non-hydrogen) atoms. The molecule has 212 valence electrons. The number of hydrogen-bond acceptors (Lipinski definition) is 4. The number of alkyl halides is 1. The Kier molecular flexibility index (Phi) is 8.42. The molecule has 1 aliphatic carbocycles. The Morgan fingerprint density at radius 3 is 2.60 bits per heavy atom. The van der Waals surface area contributed by atoms with E-state index in [9.17, 15) is 23.9 Å². The third-order valence-corrected chi connectivity index (χ3v) is 8.32. The molecule has 1 saturated heterocycles. The van der Waals surface area contributed by atoms with Gasteiger partial charge in [-0.05, 0) is 49.4 Å². The molecule has 0 bridgehead atoms. The minimum Gasteiger partial charge on any atom is -0.481 e. The van der Waals surface area contributed by atoms with E-state index >= 15 is 0 Å². The number of anilines is 1. The number of aliphatic carboxylic acids is 1. The number of likely N-dealkylation sites (tertiary alicyclic amines) is 1. The SMILES string of the molecule is Cn1cc(C(=O)Nc2ccc(CC(=O)N3C[C@@H](F)C[C@H]3COC3CCC(C(=O)O)CC3)cc2Cl)c2ccccc21. The maximum atomic E-state index is 14.3. The fourth-order valence-corrected chi connectivity index (χ4v) is 6.06. The molecule has 1 aliphatic heterocycles. The molecule has 2 heterocycles. The van der Waals surface area contributed by atoms with Gasteiger partial charge >= 0.3 is 5.97 Å². The number of rotatable bonds is 8. The number of nitrogens with zero attached hydrogens (tertiary/aromatic N) is 2. The smallest absolute Gasteiger partial charge is 0.306 e. The molecule has 2 aliphatic rings. The molecule has 2 aromatic carbocycles. The lowest BCUT2D eigenvalue weighted by atomic mass is 9.87. The molecule has 8 nitrogen and oxygen atoms in total. The summed E-state index contributed by atoms with van der Waals surface area (Å²) in [5.41, 5.74) is 2.57. The zero-order chi connectivity index (χ0) is 28.4. The van der Waals surface area contributed by atoms with E-state index in [0.717, 1.165) is 10.9 Å². The number of para-hydroxylation sites is 1. The summed E-state index contributed by atoms with van der Waals surface area (Å²) in [6.45, 7) is 0.250. The van der Waals surface area contributed by atoms with Crippen LogP contribution in [0.2, 0.25) is 5.02 Å². The highest BCUT2D eigenvalue weighted by molar-refractivity contribution is 6.34. The van der Waals surface area contributed by atoms with Crippen LogP contribution in [0.3, 0.4) is 0 Å². The van der Waals surface area contributed by atoms with Crippen molar-refractivity contribution in [3.05, 3.63) is 64.8 Å². The number of carboxylic acids is 1. The van der Waals surface area contributed by atoms with Gasteiger partial charge in [-0.3, -0.25) is 14.4 Å². The Morgan fingerprint density at radius 2 is 1.88 bits per heavy atom. The summed E-state index contributed by atoms with van der Waals surface area (Å²) in [5.74, 6) is -1.60. The molecule has 2 amide bonds. The molecule has 2 atom stereocenters. The van der Waals surface area contributed by atoms with Gasteiger partial charge in [-0.1, -0.05) is 35.9 Å². The number of amides is 2. The quantitative estimate of drug-likeness (QED) is 0.387. The first-order valence-corrected chi connectivity index (χ1v) is 14.0. The number of carboxylic acid groups (broad SMARTS) is 1. The summed E-state index contributed by atoms with van der Waals surface area (Å²) in [5, 5.41) is 13.2. The summed E-state index contributed by atoms with van der Waals surface area (Å²) in [6.07, 6.45) is 3.29. The van der Waals surface area contributed by atoms with Crippen molar-refractivity contribution in [2.45, 2.75) is 56.8 Å². The zero-order valence-electron chi connectivity index (χ0n) is 22.3. The van der Waals surface area contributed by atoms with E-state index in [4.69, 9.17) is 16.3 Å². The number of carbonyl (C=O) groups is 3. The van der Waals surface area contributed by atoms with Crippen LogP contribution in [-0.2, 0) is 27.8 Å². The van der Waals surface area contributed by atoms with Crippen LogP contribution in [0.15, 0.2) is 48.7 Å². The fourth-order valence-electron chi connectivity index (χ4n) is 5.80. The number of fused-ring (bicyclic) bond motifs is 1. The fraction of sp³-hybridized carbons (Fsp3) is 0.433. The topological polar surface area (TPSA) is 101 Å². The van der Waals surface area contributed by atoms with Crippen molar-refractivity contribution in [1.29, 1.82) is 0 Å². The predicted molar refractivity (Wildman–Crippen MR) is 150 cm³/mol. The highest BCUT2D eigenvalue weighted by Gasteiger charge is 2.36. The van der Waals surface area contributed by atoms with Crippen molar-refractivity contribution < 1.29 is 28.6 Å². The van der Waals surface area contributed by atoms with E-state index in [1.807, 2.05) is 35.9 Å². The molecule has 0 unspecified atom stereocenters. The maximum Gasteiger partial charge on any atom is 0.306 e. The lowest BCUT2D eigenvalue weighted by Gasteiger charge is -2.29. The minimum absolute atomic E-state index is 0.0194. The van der Waals surface area contributed by atoms with Crippen LogP contribution < -0.4 is 5.32 Å². The Balaban J connectivity index is 1.18. The van der Waals surface area contributed by atoms with Crippen molar-refractivity contribution in [2.75, 3.05) is 18.5 Å². The largest absolute Gasteiger partial charge is 0.481 e. The first-order valence-electron chi connectivity index (χ1n) is 13.6. The van der Waals surface area contributed by atoms with Gasteiger partial charge in [0, 0.05) is 30.6 Å². The van der Waals surface area contributed by atoms with Gasteiger partial charge in [-0.15, -0.1) is 0 Å². The summed E-state index contributed by atoms with van der Waals surface area (Å²) in [7, 11) is 1.88. The van der Waals surface area contributed by atoms with E-state index < -0.39 is 12.1 Å². The Hall–Kier alpha value is -3.43. The van der Waals surface area contributed by atoms with Gasteiger partial charge in [0.05, 0.1) is 53.9 Å². The highest BCUT2D eigenvalue weighted by Crippen LogP contribution is 2.30. The summed E-state index contributed by atoms with van der Waals surface area (Å²) >= 11 is 6.48. The Labute approximate surface area is 237 Å². The van der Waals surface area contributed by atoms with Crippen LogP contribution in [-0.4, -0.2) is 63.8 Å². The van der Waals surface area contributed by atoms with Gasteiger partial charge in [-0.25, -0.2) is 4.39 Å². The molecule has 5 rings (SSSR count). The molecule has 1 saturated carbocycles. The van der Waals surface area contributed by atoms with Gasteiger partial charge < -0.3 is 24.6 Å². The minimum atomic E-state index is -1.12. The summed E-state index contributed by atoms with van der Waals surface area (Å²) in [4.78, 5) is 38.9. The van der Waals surface area contributed by atoms with Gasteiger partial charge in [0.15, 0.2) is 0 Å². The molecule has 3 aromatic rings. The standard InChI is InChI=1S/C30H33ClFN3O5/c1-34-16-24(23-4-2-3-5-27(23)34)29(37)33-26-11-6-18(12-25(26)31)13-28(36)35-15-20(32)14-21(35)17-40-22-9-7-19(8-10-22)30(38)39/h2-6,11-12,16,19-22H,7-10,13-15,17H2,1H3,(H,33,37)(H,38,39)/t19?,20-,21-,22?/m0/s1. The number of aryl methyl sites for hydroxylation is 1. The monoisotopic (exact) mass is 569 g/mol. The molecule has 0 radical (unpaired) electrons. The van der Waals surface area contributed by atoms with E-state index in [1.165, 1.54) is 4.90 Å². The van der Waals surface area contributed by atoms with Gasteiger partial charge in [-0.2, -0.15) is 0 Å². The number of aromatic nitrogens is 1. The van der Waals surface area contributed by atoms with E-state index in [2.05, 4.69) is 5.32 Å². The number of hydrogen-bond donors (Lipinski definition) is 2. The van der Waals surface area contributed by atoms with Crippen LogP contribution in [0.4, 0.5) is 10.1 Å². The number of nitrogens with one attached hydrogen (secondary N) is 1. The zero-order valence-corrected chi connectivity index (χ0v) is 23.1. The molecule has 1 aromatic heterocycles. The van der Waals surface area contributed by atoms with Crippen molar-refractivity contribution in [2.24, 2.45) is 13.0 Å². The Morgan fingerprint density at radius 1 is 1.12 bits per heavy atom. The van der Waals surface area contributed by atoms with E-state index in [1.54, 1.807) is 24.4 Å². The summed E-state index contributed by atoms with van der Waals surface area (Å²) in [6, 6.07) is 12.3. The first kappa shape index (κ1) is 28.1. The Bertz CT molecular complexity index is 1420. The lowest BCUT2D eigenvalue weighted by Crippen LogP contribution is -2.40. The molecule has 2 N–H and O–H groups in total. The second-order valence-electron chi connectivity index (χ2n) is 10.8. The molecular formula is C30H33ClFN3O5. The number of ether oxygens (including phenoxy) is 1. The maximum absolute atomic E-state index is 14.3. The first-order chi connectivity index (χ1) is 19.2. The highest BCUT2D eigenvalue weighted by atomic mass is 35.5. The van der Waals surface area contributed by atoms with Crippen LogP contribution in [0.25, 0.3) is 10.9 Å². The van der Waals surface area contributed by atoms with Crippen LogP contribution in [0, 0.1) is 5.92 Å². The second kappa shape index (κ2) is 12.0. The lowest BCUT2D eigenvalue weighted by molar-refractivity contribution is -0.144. The van der Waals surface area contributed by atoms with Gasteiger partial charge in [0.2, 0.25) is 5.91 Å². The normalized spacial score (nSPS) is 22.9. The molecular weight excluding hydrogens is 537 g/mol. The van der Waals surface area contributed by atoms with Crippen molar-refractivity contribution in [3.8, 4) is 0 Å². The van der Waals surface area contributed by atoms with Gasteiger partial charge in [0.1, 0.15) is 6.17 Å². The van der Waals surface area contributed by atoms with Gasteiger partial charge in [0.25, 0.3) is 5.91 Å². The summed E-state index contributed by atoms with van der Waals surface area (Å²) < 4.78 is 22.2. The average molecular weight is 570 g/mol. The van der Waals surface area contributed by atoms with E-state index in [-0.39, 0.29) is 55.9 Å². The van der Waals surface area contributed by atoms with Crippen molar-refractivity contribution in [1.82, 2.24) is 9.47 Å². The second-order valence-corrected chi connectivity index (χ2v) is 11.2. The predicted octanol–water partition coefficient (Wildman–Crippen LogP) is 5.23. The number of benzene rings is 2. The van der Waals surface area contributed by atoms with Crippen LogP contribution in [0.1, 0.15) is 48.0 Å². The number of carbonyl (C=O) groups excluding carboxylic acids is 2. The van der Waals surface area contributed by atoms with Crippen molar-refractivity contribution >= 4 is 46.0 Å². The molecule has 10 heteroatoms. The average Bonchev–Trinajstić information content (AvgIpc) is 3.48. The molecule has 0 spiro atoms. The number of halogens is 2. The van der Waals surface area contributed by atoms with E-state index in [0.29, 0.717) is 47.5 Å². The third kappa shape index (κ3) is 6.15. The molecule has 2 fully saturated rings. The van der Waals surface area contributed by atoms with Crippen LogP contribution >= 0.6 is 11.6 Å². The van der Waals surface area contributed by atoms with Crippen LogP contribution in [0.5, 0.6) is 0 Å². The van der Waals surface area contributed by atoms with Crippen molar-refractivity contribution in [3.63, 3.8) is 0 Å².